The van der Waals surface area contributed by atoms with Gasteiger partial charge in [0.15, 0.2) is 0 Å². The van der Waals surface area contributed by atoms with Gasteiger partial charge in [0.1, 0.15) is 5.75 Å². The lowest BCUT2D eigenvalue weighted by molar-refractivity contribution is 0.454. The minimum Gasteiger partial charge on any atom is -0.537 e. The first-order chi connectivity index (χ1) is 56.5. The highest BCUT2D eigenvalue weighted by molar-refractivity contribution is 9.10. The van der Waals surface area contributed by atoms with Crippen molar-refractivity contribution in [3.05, 3.63) is 393 Å². The van der Waals surface area contributed by atoms with Crippen LogP contribution in [0.1, 0.15) is 0 Å². The molecule has 0 spiro atoms. The fourth-order valence-corrected chi connectivity index (χ4v) is 21.1. The van der Waals surface area contributed by atoms with E-state index in [0.29, 0.717) is 13.4 Å². The standard InChI is InChI=1S/C52H32N2S.C28H16BrNS.C24H17BNO2/c1-2-14-33(15-3-1)35-18-12-19-37(30-35)53-46-24-9-6-21-39(46)43-31-36(28-29-48(43)53)42-32-44-40-22-7-10-25-47(40)54(45-26-13-17-34-16-4-5-20-38(34)45)51(44)52-50(42)41-23-8-11-27-49(41)55-52;29-22-16-21-19-11-3-5-13-24(19)30(23-14-7-9-17-8-1-2-10-18(17)23)27(21)28-26(22)20-12-4-6-15-25(20)31-28;27-25-28-20-13-14-24-22(16-20)21-11-4-5-12-23(21)26(24)19-10-6-9-18(15-19)17-7-2-1-3-8-17/h1-32H;1-16H;1-16,27H. The average molecular weight is 1560 g/mol. The summed E-state index contributed by atoms with van der Waals surface area (Å²) in [6.45, 7) is 0. The van der Waals surface area contributed by atoms with Gasteiger partial charge in [-0.1, -0.05) is 289 Å². The zero-order chi connectivity index (χ0) is 75.5. The molecule has 0 amide bonds. The van der Waals surface area contributed by atoms with Crippen LogP contribution >= 0.6 is 38.6 Å². The molecule has 0 atom stereocenters. The van der Waals surface area contributed by atoms with Gasteiger partial charge in [0.25, 0.3) is 0 Å². The molecule has 24 aromatic rings. The van der Waals surface area contributed by atoms with E-state index in [1.807, 2.05) is 53.0 Å². The topological polar surface area (TPSA) is 49.2 Å². The van der Waals surface area contributed by atoms with Crippen molar-refractivity contribution in [2.24, 2.45) is 0 Å². The van der Waals surface area contributed by atoms with Crippen molar-refractivity contribution in [2.45, 2.75) is 0 Å². The molecule has 1 radical (unpaired) electrons. The van der Waals surface area contributed by atoms with E-state index in [4.69, 9.17) is 9.68 Å². The second-order valence-corrected chi connectivity index (χ2v) is 32.0. The molecule has 6 aromatic heterocycles. The van der Waals surface area contributed by atoms with Gasteiger partial charge in [-0.3, -0.25) is 0 Å². The van der Waals surface area contributed by atoms with Crippen molar-refractivity contribution >= 4 is 195 Å². The first kappa shape index (κ1) is 67.3. The minimum atomic E-state index is 0.607. The average Bonchev–Trinajstić information content (AvgIpc) is 1.55. The number of para-hydroxylation sites is 4. The molecule has 1 N–H and O–H groups in total. The number of fused-ring (bicyclic) bond motifs is 22. The van der Waals surface area contributed by atoms with Crippen molar-refractivity contribution in [1.29, 1.82) is 0 Å². The smallest absolute Gasteiger partial charge is 0.537 e. The summed E-state index contributed by atoms with van der Waals surface area (Å²) in [6.07, 6.45) is 0. The summed E-state index contributed by atoms with van der Waals surface area (Å²) >= 11 is 7.70. The third-order valence-electron chi connectivity index (χ3n) is 22.8. The Balaban J connectivity index is 0.000000114. The van der Waals surface area contributed by atoms with Crippen molar-refractivity contribution in [2.75, 3.05) is 0 Å². The molecule has 0 fully saturated rings. The lowest BCUT2D eigenvalue weighted by atomic mass is 9.95. The molecule has 535 valence electrons. The first-order valence-electron chi connectivity index (χ1n) is 38.3. The van der Waals surface area contributed by atoms with E-state index in [0.717, 1.165) is 37.7 Å². The Kier molecular flexibility index (Phi) is 16.4. The van der Waals surface area contributed by atoms with Crippen LogP contribution in [0.2, 0.25) is 0 Å². The number of hydrogen-bond donors (Lipinski definition) is 1. The largest absolute Gasteiger partial charge is 0.569 e. The summed E-state index contributed by atoms with van der Waals surface area (Å²) < 4.78 is 21.3. The fraction of sp³-hybridized carbons (Fsp3) is 0. The SMILES string of the molecule is Brc1cc2c3ccccc3n(-c3cccc4ccccc34)c2c2sc3ccccc3c12.O[B]Oc1ccc2c(c1)c1ccccc1n2-c1cccc(-c2ccccc2)c1.c1ccc(-c2cccc(-n3c4ccccc4c4cc(-c5cc6c7ccccc7n(-c7cccc8ccccc78)c6c6sc7ccccc7c56)ccc43)c2)cc1. The van der Waals surface area contributed by atoms with E-state index < -0.39 is 0 Å². The number of halogens is 1. The summed E-state index contributed by atoms with van der Waals surface area (Å²) in [5.41, 5.74) is 21.7. The number of thiophene rings is 2. The third-order valence-corrected chi connectivity index (χ3v) is 25.8. The predicted octanol–water partition coefficient (Wildman–Crippen LogP) is 29.2. The van der Waals surface area contributed by atoms with Crippen molar-refractivity contribution in [3.63, 3.8) is 0 Å². The molecule has 6 heterocycles. The highest BCUT2D eigenvalue weighted by Crippen LogP contribution is 2.51. The number of rotatable bonds is 9. The van der Waals surface area contributed by atoms with Crippen LogP contribution in [0.25, 0.3) is 205 Å². The Hall–Kier alpha value is -13.6. The van der Waals surface area contributed by atoms with E-state index in [9.17, 15) is 0 Å². The molecule has 0 saturated carbocycles. The first-order valence-corrected chi connectivity index (χ1v) is 40.8. The van der Waals surface area contributed by atoms with Gasteiger partial charge in [0.2, 0.25) is 0 Å². The lowest BCUT2D eigenvalue weighted by Crippen LogP contribution is -1.99. The molecule has 6 nitrogen and oxygen atoms in total. The Morgan fingerprint density at radius 1 is 0.263 bits per heavy atom. The zero-order valence-corrected chi connectivity index (χ0v) is 64.6. The van der Waals surface area contributed by atoms with E-state index in [1.165, 1.54) is 172 Å². The van der Waals surface area contributed by atoms with Crippen LogP contribution in [0, 0.1) is 0 Å². The van der Waals surface area contributed by atoms with Gasteiger partial charge in [-0.2, -0.15) is 0 Å². The maximum atomic E-state index is 8.97. The van der Waals surface area contributed by atoms with Crippen molar-refractivity contribution in [1.82, 2.24) is 18.3 Å². The summed E-state index contributed by atoms with van der Waals surface area (Å²) in [7, 11) is 0.712. The second-order valence-electron chi connectivity index (χ2n) is 29.1. The number of aromatic nitrogens is 4. The van der Waals surface area contributed by atoms with Gasteiger partial charge >= 0.3 is 7.69 Å². The summed E-state index contributed by atoms with van der Waals surface area (Å²) in [5.74, 6) is 0.607. The highest BCUT2D eigenvalue weighted by Gasteiger charge is 2.26. The Morgan fingerprint density at radius 2 is 0.640 bits per heavy atom. The van der Waals surface area contributed by atoms with E-state index >= 15 is 0 Å². The molecular weight excluding hydrogens is 1490 g/mol. The lowest BCUT2D eigenvalue weighted by Gasteiger charge is -2.13. The Labute approximate surface area is 672 Å². The number of nitrogens with zero attached hydrogens (tertiary/aromatic N) is 4. The summed E-state index contributed by atoms with van der Waals surface area (Å²) in [4.78, 5) is 0. The molecular formula is C104H65BBrN4O2S2. The molecule has 10 heteroatoms. The third kappa shape index (κ3) is 11.0. The fourth-order valence-electron chi connectivity index (χ4n) is 17.8. The summed E-state index contributed by atoms with van der Waals surface area (Å²) in [6, 6.07) is 140. The Morgan fingerprint density at radius 3 is 1.16 bits per heavy atom. The van der Waals surface area contributed by atoms with Crippen LogP contribution in [0.15, 0.2) is 393 Å². The van der Waals surface area contributed by atoms with Crippen LogP contribution in [0.5, 0.6) is 5.75 Å². The second kappa shape index (κ2) is 27.7. The number of hydrogen-bond acceptors (Lipinski definition) is 4. The van der Waals surface area contributed by atoms with E-state index in [1.54, 1.807) is 0 Å². The van der Waals surface area contributed by atoms with Crippen LogP contribution < -0.4 is 4.65 Å². The molecule has 0 aliphatic rings. The molecule has 24 rings (SSSR count). The Bertz CT molecular complexity index is 7980. The molecule has 18 aromatic carbocycles. The van der Waals surface area contributed by atoms with Crippen LogP contribution in [-0.4, -0.2) is 31.0 Å². The van der Waals surface area contributed by atoms with Crippen molar-refractivity contribution < 1.29 is 9.68 Å². The van der Waals surface area contributed by atoms with Crippen LogP contribution in [0.3, 0.4) is 0 Å². The zero-order valence-electron chi connectivity index (χ0n) is 61.4. The van der Waals surface area contributed by atoms with Crippen LogP contribution in [0.4, 0.5) is 0 Å². The summed E-state index contributed by atoms with van der Waals surface area (Å²) in [5, 5.41) is 29.1. The molecule has 0 bridgehead atoms. The van der Waals surface area contributed by atoms with Gasteiger partial charge in [0.05, 0.1) is 64.9 Å². The van der Waals surface area contributed by atoms with E-state index in [-0.39, 0.29) is 0 Å². The van der Waals surface area contributed by atoms with Gasteiger partial charge in [-0.25, -0.2) is 0 Å². The van der Waals surface area contributed by atoms with Gasteiger partial charge < -0.3 is 27.9 Å². The maximum absolute atomic E-state index is 8.97. The molecule has 0 aliphatic heterocycles. The predicted molar refractivity (Wildman–Crippen MR) is 490 cm³/mol. The normalized spacial score (nSPS) is 11.8. The molecule has 0 saturated heterocycles. The maximum Gasteiger partial charge on any atom is 0.569 e. The van der Waals surface area contributed by atoms with Crippen molar-refractivity contribution in [3.8, 4) is 61.9 Å². The minimum absolute atomic E-state index is 0.607. The van der Waals surface area contributed by atoms with Gasteiger partial charge in [-0.15, -0.1) is 22.7 Å². The number of benzene rings is 18. The molecule has 0 aliphatic carbocycles. The monoisotopic (exact) mass is 1560 g/mol. The van der Waals surface area contributed by atoms with Crippen LogP contribution in [-0.2, 0) is 0 Å². The quantitative estimate of drug-likeness (QED) is 0.146. The molecule has 114 heavy (non-hydrogen) atoms. The van der Waals surface area contributed by atoms with Gasteiger partial charge in [0, 0.05) is 101 Å². The van der Waals surface area contributed by atoms with E-state index in [2.05, 4.69) is 392 Å². The molecule has 0 unspecified atom stereocenters. The van der Waals surface area contributed by atoms with Gasteiger partial charge in [-0.05, 0) is 159 Å². The highest BCUT2D eigenvalue weighted by atomic mass is 79.9.